The van der Waals surface area contributed by atoms with Crippen molar-refractivity contribution in [1.29, 1.82) is 21.3 Å². The Morgan fingerprint density at radius 2 is 1.49 bits per heavy atom. The number of hydrogen-bond donors (Lipinski definition) is 7. The van der Waals surface area contributed by atoms with Gasteiger partial charge in [-0.2, -0.15) is 25.5 Å². The van der Waals surface area contributed by atoms with Crippen molar-refractivity contribution < 1.29 is 23.9 Å². The van der Waals surface area contributed by atoms with E-state index >= 15 is 0 Å². The summed E-state index contributed by atoms with van der Waals surface area (Å²) in [5.41, 5.74) is 11.0. The molecule has 81 heavy (non-hydrogen) atoms. The topological polar surface area (TPSA) is 329 Å². The number of anilines is 4. The molecule has 4 aromatic rings. The predicted molar refractivity (Wildman–Crippen MR) is 311 cm³/mol. The molecule has 3 saturated heterocycles. The molecular weight excluding hydrogens is 1070 g/mol. The molecule has 5 aliphatic rings. The van der Waals surface area contributed by atoms with Gasteiger partial charge in [-0.1, -0.05) is 0 Å². The number of fused-ring (bicyclic) bond motifs is 2. The van der Waals surface area contributed by atoms with Gasteiger partial charge in [-0.15, -0.1) is 22.7 Å². The largest absolute Gasteiger partial charge is 0.459 e. The summed E-state index contributed by atoms with van der Waals surface area (Å²) in [6.45, 7) is 19.6. The van der Waals surface area contributed by atoms with Crippen LogP contribution in [0.3, 0.4) is 0 Å². The fourth-order valence-corrected chi connectivity index (χ4v) is 15.4. The number of thiophene rings is 2. The number of likely N-dealkylation sites (tertiary alicyclic amines) is 1. The highest BCUT2D eigenvalue weighted by atomic mass is 32.1. The fraction of sp³-hybridized carbons (Fsp3) is 0.589. The van der Waals surface area contributed by atoms with Gasteiger partial charge in [0, 0.05) is 95.9 Å². The van der Waals surface area contributed by atoms with Gasteiger partial charge in [0.15, 0.2) is 5.84 Å². The number of aromatic nitrogens is 4. The highest BCUT2D eigenvalue weighted by Gasteiger charge is 2.51. The number of ether oxygens (including phenoxy) is 2. The van der Waals surface area contributed by atoms with E-state index in [0.29, 0.717) is 103 Å². The van der Waals surface area contributed by atoms with Crippen LogP contribution in [0.5, 0.6) is 6.01 Å². The smallest absolute Gasteiger partial charge is 0.410 e. The quantitative estimate of drug-likeness (QED) is 0.0793. The van der Waals surface area contributed by atoms with Gasteiger partial charge in [0.25, 0.3) is 0 Å². The molecule has 432 valence electrons. The van der Waals surface area contributed by atoms with Crippen LogP contribution < -0.4 is 42.3 Å². The number of nitrogens with zero attached hydrogens (tertiary/aromatic N) is 10. The normalized spacial score (nSPS) is 26.4. The van der Waals surface area contributed by atoms with E-state index < -0.39 is 46.1 Å². The van der Waals surface area contributed by atoms with Crippen molar-refractivity contribution in [2.75, 3.05) is 68.1 Å². The molecule has 23 nitrogen and oxygen atoms in total. The Hall–Kier alpha value is -7.19. The van der Waals surface area contributed by atoms with Gasteiger partial charge in [0.05, 0.1) is 27.7 Å². The molecule has 4 aromatic heterocycles. The van der Waals surface area contributed by atoms with E-state index in [2.05, 4.69) is 63.4 Å². The molecule has 0 aromatic carbocycles. The number of hydrogen-bond acceptors (Lipinski definition) is 21. The summed E-state index contributed by atoms with van der Waals surface area (Å²) in [6, 6.07) is 7.45. The average molecular weight is 1150 g/mol. The van der Waals surface area contributed by atoms with Gasteiger partial charge in [-0.05, 0) is 127 Å². The van der Waals surface area contributed by atoms with E-state index in [9.17, 15) is 35.1 Å². The number of rotatable bonds is 10. The Kier molecular flexibility index (Phi) is 16.1. The van der Waals surface area contributed by atoms with E-state index in [1.165, 1.54) is 22.7 Å². The lowest BCUT2D eigenvalue weighted by Crippen LogP contribution is -2.56. The van der Waals surface area contributed by atoms with Crippen molar-refractivity contribution in [3.63, 3.8) is 0 Å². The van der Waals surface area contributed by atoms with Crippen LogP contribution in [0.4, 0.5) is 26.4 Å². The average Bonchev–Trinajstić information content (AvgIpc) is 4.32. The lowest BCUT2D eigenvalue weighted by Gasteiger charge is -2.44. The van der Waals surface area contributed by atoms with Crippen molar-refractivity contribution in [2.24, 2.45) is 5.92 Å². The molecule has 0 spiro atoms. The molecule has 3 fully saturated rings. The van der Waals surface area contributed by atoms with Gasteiger partial charge in [-0.25, -0.2) is 9.59 Å². The zero-order valence-corrected chi connectivity index (χ0v) is 49.7. The lowest BCUT2D eigenvalue weighted by atomic mass is 9.66. The van der Waals surface area contributed by atoms with Gasteiger partial charge >= 0.3 is 17.8 Å². The molecule has 0 bridgehead atoms. The number of amidine groups is 2. The summed E-state index contributed by atoms with van der Waals surface area (Å²) in [6.07, 6.45) is 3.26. The maximum absolute atomic E-state index is 14.9. The van der Waals surface area contributed by atoms with Crippen LogP contribution in [-0.2, 0) is 38.0 Å². The van der Waals surface area contributed by atoms with Gasteiger partial charge in [0.2, 0.25) is 11.8 Å². The van der Waals surface area contributed by atoms with E-state index in [1.54, 1.807) is 30.9 Å². The van der Waals surface area contributed by atoms with Crippen molar-refractivity contribution in [2.45, 2.75) is 160 Å². The summed E-state index contributed by atoms with van der Waals surface area (Å²) in [5, 5.41) is 45.3. The highest BCUT2D eigenvalue weighted by Crippen LogP contribution is 2.51. The number of nitrogen functional groups attached to an aromatic ring is 2. The van der Waals surface area contributed by atoms with E-state index in [1.807, 2.05) is 51.5 Å². The number of nitriles is 2. The SMILES string of the molecule is CC1C(C)N(c2cc(C(=N)NC(=O)[C@@]3(C)CC(C4CC[C@@H]([C@H](C)Oc5nc(C(=N)NC(=O)[C@@]6(C)CCCc7sc(N)c(C#N)c76)cc(N6CCN(C(=O)OC(C)(C)C)C[C@@H]6C)n5)N4C)Cc4sc(N)c(C#N)c43)[nH]c(=O)n2)CCN1C. The molecule has 25 heteroatoms. The van der Waals surface area contributed by atoms with Crippen molar-refractivity contribution >= 4 is 73.9 Å². The molecule has 3 amide bonds. The van der Waals surface area contributed by atoms with Gasteiger partial charge < -0.3 is 51.3 Å². The maximum atomic E-state index is 14.9. The van der Waals surface area contributed by atoms with Crippen LogP contribution in [0.25, 0.3) is 0 Å². The second kappa shape index (κ2) is 22.3. The third-order valence-corrected chi connectivity index (χ3v) is 19.7. The number of amides is 3. The molecule has 9 atom stereocenters. The van der Waals surface area contributed by atoms with Crippen molar-refractivity contribution in [1.82, 2.24) is 45.3 Å². The highest BCUT2D eigenvalue weighted by molar-refractivity contribution is 7.16. The third kappa shape index (κ3) is 11.2. The Balaban J connectivity index is 0.953. The number of nitrogens with one attached hydrogen (secondary N) is 5. The first-order valence-corrected chi connectivity index (χ1v) is 29.3. The van der Waals surface area contributed by atoms with Crippen LogP contribution in [0, 0.1) is 39.4 Å². The zero-order chi connectivity index (χ0) is 58.8. The minimum atomic E-state index is -1.30. The summed E-state index contributed by atoms with van der Waals surface area (Å²) in [4.78, 5) is 84.0. The number of likely N-dealkylation sites (N-methyl/N-ethyl adjacent to an activating group) is 2. The number of piperazine rings is 2. The standard InChI is InChI=1S/C56H75N17O6S2/c1-28-27-71(53(77)79-54(5,6)7)18-20-72(28)42-23-36(46(60)67-49(74)55(8)16-12-13-39-43(55)33(25-57)47(61)80-39)64-52(66-42)78-31(4)37-14-15-38(70(37)11)32-21-40-44(34(26-58)48(62)81-40)56(9,24-32)50(75)68-45(59)35-22-41(65-51(76)63-35)73-19-17-69(10)29(2)30(73)3/h22-23,28-32,37-38H,12-21,24,27,61-62H2,1-11H3,(H2,59,68,75)(H2,60,67,74)(H,63,65,76)/t28-,29?,30?,31-,32?,37-,38?,55-,56-/m0/s1. The molecule has 9 rings (SSSR count). The maximum Gasteiger partial charge on any atom is 0.410 e. The first-order valence-electron chi connectivity index (χ1n) is 27.7. The zero-order valence-electron chi connectivity index (χ0n) is 48.1. The van der Waals surface area contributed by atoms with Crippen LogP contribution in [0.2, 0.25) is 0 Å². The van der Waals surface area contributed by atoms with E-state index in [0.717, 1.165) is 22.7 Å². The Bertz CT molecular complexity index is 3320. The fourth-order valence-electron chi connectivity index (χ4n) is 13.0. The summed E-state index contributed by atoms with van der Waals surface area (Å²) in [7, 11) is 4.08. The van der Waals surface area contributed by atoms with Crippen LogP contribution >= 0.6 is 22.7 Å². The minimum absolute atomic E-state index is 0.0153. The monoisotopic (exact) mass is 1150 g/mol. The molecule has 3 aliphatic heterocycles. The number of carbonyl (C=O) groups excluding carboxylic acids is 3. The number of carbonyl (C=O) groups is 3. The summed E-state index contributed by atoms with van der Waals surface area (Å²) < 4.78 is 12.4. The second-order valence-corrected chi connectivity index (χ2v) is 26.3. The Morgan fingerprint density at radius 3 is 2.16 bits per heavy atom. The van der Waals surface area contributed by atoms with Crippen molar-refractivity contribution in [3.8, 4) is 18.1 Å². The first-order chi connectivity index (χ1) is 38.2. The van der Waals surface area contributed by atoms with Crippen molar-refractivity contribution in [3.05, 3.63) is 66.0 Å². The molecule has 9 N–H and O–H groups in total. The Morgan fingerprint density at radius 1 is 0.864 bits per heavy atom. The summed E-state index contributed by atoms with van der Waals surface area (Å²) >= 11 is 2.63. The van der Waals surface area contributed by atoms with E-state index in [-0.39, 0.29) is 70.8 Å². The number of H-pyrrole nitrogens is 1. The predicted octanol–water partition coefficient (Wildman–Crippen LogP) is 5.19. The second-order valence-electron chi connectivity index (χ2n) is 24.0. The molecule has 0 saturated carbocycles. The van der Waals surface area contributed by atoms with Crippen LogP contribution in [0.1, 0.15) is 138 Å². The minimum Gasteiger partial charge on any atom is -0.459 e. The van der Waals surface area contributed by atoms with Crippen LogP contribution in [0.15, 0.2) is 16.9 Å². The first kappa shape index (κ1) is 58.5. The molecule has 0 radical (unpaired) electrons. The van der Waals surface area contributed by atoms with Crippen LogP contribution in [-0.4, -0.2) is 153 Å². The molecule has 2 aliphatic carbocycles. The Labute approximate surface area is 480 Å². The molecule has 4 unspecified atom stereocenters. The number of aryl methyl sites for hydroxylation is 1. The third-order valence-electron chi connectivity index (χ3n) is 17.6. The number of aromatic amines is 1. The van der Waals surface area contributed by atoms with Gasteiger partial charge in [0.1, 0.15) is 57.0 Å². The van der Waals surface area contributed by atoms with Gasteiger partial charge in [-0.3, -0.25) is 30.2 Å². The van der Waals surface area contributed by atoms with E-state index in [4.69, 9.17) is 36.3 Å². The summed E-state index contributed by atoms with van der Waals surface area (Å²) in [5.74, 6) is -0.796. The lowest BCUT2D eigenvalue weighted by molar-refractivity contribution is -0.126. The molecule has 7 heterocycles. The number of nitrogens with two attached hydrogens (primary N) is 2. The molecular formula is C56H75N17O6S2.